The van der Waals surface area contributed by atoms with Crippen LogP contribution in [0.25, 0.3) is 0 Å². The van der Waals surface area contributed by atoms with Crippen molar-refractivity contribution in [2.45, 2.75) is 33.3 Å². The van der Waals surface area contributed by atoms with Crippen molar-refractivity contribution in [2.75, 3.05) is 99.2 Å². The highest BCUT2D eigenvalue weighted by Crippen LogP contribution is 2.06. The summed E-state index contributed by atoms with van der Waals surface area (Å²) < 4.78 is 30.8. The summed E-state index contributed by atoms with van der Waals surface area (Å²) in [4.78, 5) is 60.2. The van der Waals surface area contributed by atoms with Gasteiger partial charge in [-0.1, -0.05) is 0 Å². The topological polar surface area (TPSA) is 180 Å². The van der Waals surface area contributed by atoms with Crippen LogP contribution in [0.15, 0.2) is 0 Å². The number of nitrogens with zero attached hydrogens (tertiary/aromatic N) is 1. The van der Waals surface area contributed by atoms with Gasteiger partial charge in [0.25, 0.3) is 0 Å². The van der Waals surface area contributed by atoms with Gasteiger partial charge >= 0.3 is 18.0 Å². The number of hydrogen-bond acceptors (Lipinski definition) is 13. The zero-order valence-electron chi connectivity index (χ0n) is 24.3. The molecule has 0 fully saturated rings. The fourth-order valence-corrected chi connectivity index (χ4v) is 2.75. The molecule has 232 valence electrons. The molecule has 0 radical (unpaired) electrons. The lowest BCUT2D eigenvalue weighted by Crippen LogP contribution is -2.38. The van der Waals surface area contributed by atoms with Crippen molar-refractivity contribution in [3.63, 3.8) is 0 Å². The summed E-state index contributed by atoms with van der Waals surface area (Å²) in [5.74, 6) is -1.86. The molecule has 0 saturated carbocycles. The minimum absolute atomic E-state index is 0.0359. The monoisotopic (exact) mass is 578 g/mol. The predicted octanol–water partition coefficient (Wildman–Crippen LogP) is -1.13. The number of likely N-dealkylation sites (N-methyl/N-ethyl adjacent to an activating group) is 1. The highest BCUT2D eigenvalue weighted by Gasteiger charge is 2.17. The fraction of sp³-hybridized carbons (Fsp3) is 0.800. The van der Waals surface area contributed by atoms with Crippen LogP contribution in [0.1, 0.15) is 27.7 Å². The minimum atomic E-state index is -0.739. The summed E-state index contributed by atoms with van der Waals surface area (Å²) in [6.07, 6.45) is -0.739. The molecule has 0 aliphatic rings. The lowest BCUT2D eigenvalue weighted by Gasteiger charge is -2.21. The van der Waals surface area contributed by atoms with Crippen LogP contribution in [0, 0.1) is 0 Å². The number of alkyl carbamates (subject to hydrolysis) is 1. The number of carbonyl (C=O) groups is 5. The second kappa shape index (κ2) is 22.9. The minimum Gasteiger partial charge on any atom is -0.463 e. The van der Waals surface area contributed by atoms with E-state index in [9.17, 15) is 24.0 Å². The number of nitrogens with one attached hydrogen (secondary N) is 3. The Morgan fingerprint density at radius 3 is 1.90 bits per heavy atom. The molecule has 0 aromatic rings. The smallest absolute Gasteiger partial charge is 0.408 e. The first-order chi connectivity index (χ1) is 18.9. The number of ether oxygens (including phenoxy) is 6. The molecular weight excluding hydrogens is 532 g/mol. The van der Waals surface area contributed by atoms with Gasteiger partial charge in [0.2, 0.25) is 5.91 Å². The predicted molar refractivity (Wildman–Crippen MR) is 143 cm³/mol. The fourth-order valence-electron chi connectivity index (χ4n) is 2.75. The van der Waals surface area contributed by atoms with Crippen LogP contribution in [-0.4, -0.2) is 139 Å². The molecule has 0 bridgehead atoms. The van der Waals surface area contributed by atoms with Gasteiger partial charge in [-0.2, -0.15) is 0 Å². The normalized spacial score (nSPS) is 11.2. The number of amides is 2. The van der Waals surface area contributed by atoms with Crippen LogP contribution in [0.3, 0.4) is 0 Å². The van der Waals surface area contributed by atoms with Gasteiger partial charge in [0.05, 0.1) is 33.0 Å². The van der Waals surface area contributed by atoms with Crippen molar-refractivity contribution in [1.82, 2.24) is 20.9 Å². The zero-order chi connectivity index (χ0) is 30.2. The van der Waals surface area contributed by atoms with E-state index in [0.29, 0.717) is 33.0 Å². The third-order valence-electron chi connectivity index (χ3n) is 4.45. The number of ketones is 1. The maximum absolute atomic E-state index is 11.9. The number of esters is 2. The van der Waals surface area contributed by atoms with Crippen molar-refractivity contribution >= 4 is 29.7 Å². The van der Waals surface area contributed by atoms with Crippen molar-refractivity contribution in [1.29, 1.82) is 0 Å². The van der Waals surface area contributed by atoms with Crippen LogP contribution in [0.5, 0.6) is 0 Å². The van der Waals surface area contributed by atoms with Gasteiger partial charge in [0, 0.05) is 26.2 Å². The van der Waals surface area contributed by atoms with E-state index in [2.05, 4.69) is 16.0 Å². The van der Waals surface area contributed by atoms with E-state index in [-0.39, 0.29) is 51.8 Å². The molecule has 0 unspecified atom stereocenters. The standard InChI is InChI=1S/C25H46N4O11/c1-20(30)17-29(8-12-38-22(32)16-28-24(34)40-25(2,3)4)9-13-39-23(33)19-37-18-21(31)27-7-11-36-15-14-35-10-6-26-5/h26H,6-19H2,1-5H3,(H,27,31)(H,28,34). The number of carbonyl (C=O) groups excluding carboxylic acids is 5. The van der Waals surface area contributed by atoms with Gasteiger partial charge < -0.3 is 44.4 Å². The first kappa shape index (κ1) is 37.1. The van der Waals surface area contributed by atoms with Gasteiger partial charge in [0.15, 0.2) is 0 Å². The highest BCUT2D eigenvalue weighted by molar-refractivity contribution is 5.79. The molecule has 0 aliphatic heterocycles. The molecule has 0 aliphatic carbocycles. The van der Waals surface area contributed by atoms with E-state index in [1.807, 2.05) is 7.05 Å². The third-order valence-corrected chi connectivity index (χ3v) is 4.45. The van der Waals surface area contributed by atoms with Crippen molar-refractivity contribution in [3.05, 3.63) is 0 Å². The van der Waals surface area contributed by atoms with Crippen LogP contribution < -0.4 is 16.0 Å². The van der Waals surface area contributed by atoms with Crippen LogP contribution >= 0.6 is 0 Å². The maximum Gasteiger partial charge on any atom is 0.408 e. The summed E-state index contributed by atoms with van der Waals surface area (Å²) in [5.41, 5.74) is -0.691. The highest BCUT2D eigenvalue weighted by atomic mass is 16.6. The maximum atomic E-state index is 11.9. The Balaban J connectivity index is 3.98. The molecule has 0 spiro atoms. The lowest BCUT2D eigenvalue weighted by molar-refractivity contribution is -0.150. The SMILES string of the molecule is CNCCOCCOCCNC(=O)COCC(=O)OCCN(CCOC(=O)CNC(=O)OC(C)(C)C)CC(C)=O. The average Bonchev–Trinajstić information content (AvgIpc) is 2.85. The van der Waals surface area contributed by atoms with E-state index >= 15 is 0 Å². The molecule has 0 aromatic heterocycles. The summed E-state index contributed by atoms with van der Waals surface area (Å²) >= 11 is 0. The van der Waals surface area contributed by atoms with E-state index in [4.69, 9.17) is 28.4 Å². The number of Topliss-reactive ketones (excluding diaryl/α,β-unsaturated/α-hetero) is 1. The van der Waals surface area contributed by atoms with Crippen LogP contribution in [-0.2, 0) is 47.6 Å². The molecule has 0 atom stereocenters. The molecule has 0 saturated heterocycles. The molecule has 2 amide bonds. The van der Waals surface area contributed by atoms with Crippen LogP contribution in [0.2, 0.25) is 0 Å². The summed E-state index contributed by atoms with van der Waals surface area (Å²) in [7, 11) is 1.84. The van der Waals surface area contributed by atoms with E-state index in [1.165, 1.54) is 6.92 Å². The first-order valence-corrected chi connectivity index (χ1v) is 13.1. The van der Waals surface area contributed by atoms with E-state index < -0.39 is 36.1 Å². The van der Waals surface area contributed by atoms with Gasteiger partial charge in [0.1, 0.15) is 44.4 Å². The number of rotatable bonds is 23. The van der Waals surface area contributed by atoms with Crippen molar-refractivity contribution in [3.8, 4) is 0 Å². The molecule has 15 nitrogen and oxygen atoms in total. The molecule has 15 heteroatoms. The van der Waals surface area contributed by atoms with E-state index in [1.54, 1.807) is 25.7 Å². The second-order valence-corrected chi connectivity index (χ2v) is 9.45. The molecule has 40 heavy (non-hydrogen) atoms. The molecule has 0 aromatic carbocycles. The van der Waals surface area contributed by atoms with Crippen LogP contribution in [0.4, 0.5) is 4.79 Å². The Morgan fingerprint density at radius 1 is 0.725 bits per heavy atom. The van der Waals surface area contributed by atoms with Crippen molar-refractivity contribution < 1.29 is 52.4 Å². The Morgan fingerprint density at radius 2 is 1.32 bits per heavy atom. The summed E-state index contributed by atoms with van der Waals surface area (Å²) in [6, 6.07) is 0. The average molecular weight is 579 g/mol. The van der Waals surface area contributed by atoms with Gasteiger partial charge in [-0.15, -0.1) is 0 Å². The zero-order valence-corrected chi connectivity index (χ0v) is 24.3. The van der Waals surface area contributed by atoms with Crippen molar-refractivity contribution in [2.24, 2.45) is 0 Å². The third kappa shape index (κ3) is 25.4. The summed E-state index contributed by atoms with van der Waals surface area (Å²) in [5, 5.41) is 7.86. The lowest BCUT2D eigenvalue weighted by atomic mass is 10.2. The molecule has 0 rings (SSSR count). The Labute approximate surface area is 235 Å². The second-order valence-electron chi connectivity index (χ2n) is 9.45. The molecule has 3 N–H and O–H groups in total. The largest absolute Gasteiger partial charge is 0.463 e. The Kier molecular flexibility index (Phi) is 21.3. The van der Waals surface area contributed by atoms with E-state index in [0.717, 1.165) is 6.54 Å². The Bertz CT molecular complexity index is 760. The quantitative estimate of drug-likeness (QED) is 0.0754. The van der Waals surface area contributed by atoms with Gasteiger partial charge in [-0.05, 0) is 34.7 Å². The molecule has 0 heterocycles. The van der Waals surface area contributed by atoms with Gasteiger partial charge in [-0.3, -0.25) is 19.3 Å². The van der Waals surface area contributed by atoms with Gasteiger partial charge in [-0.25, -0.2) is 9.59 Å². The number of hydrogen-bond donors (Lipinski definition) is 3. The molecular formula is C25H46N4O11. The first-order valence-electron chi connectivity index (χ1n) is 13.1. The Hall–Kier alpha value is -2.85. The summed E-state index contributed by atoms with van der Waals surface area (Å²) in [6.45, 7) is 8.68.